The average Bonchev–Trinajstić information content (AvgIpc) is 3.37. The molecule has 3 unspecified atom stereocenters. The van der Waals surface area contributed by atoms with Crippen LogP contribution in [0.5, 0.6) is 0 Å². The van der Waals surface area contributed by atoms with Gasteiger partial charge in [-0.25, -0.2) is 0 Å². The van der Waals surface area contributed by atoms with E-state index in [1.807, 2.05) is 6.08 Å². The van der Waals surface area contributed by atoms with Gasteiger partial charge < -0.3 is 20.6 Å². The fourth-order valence-corrected chi connectivity index (χ4v) is 10.3. The topological polar surface area (TPSA) is 89.8 Å². The van der Waals surface area contributed by atoms with Crippen LogP contribution >= 0.6 is 0 Å². The minimum Gasteiger partial charge on any atom is -0.394 e. The van der Waals surface area contributed by atoms with E-state index in [4.69, 9.17) is 0 Å². The molecule has 420 valence electrons. The molecule has 5 nitrogen and oxygen atoms in total. The van der Waals surface area contributed by atoms with Crippen LogP contribution in [0, 0.1) is 0 Å². The third-order valence-corrected chi connectivity index (χ3v) is 15.2. The minimum absolute atomic E-state index is 0.0156. The molecular weight excluding hydrogens is 871 g/mol. The maximum Gasteiger partial charge on any atom is 0.222 e. The molecule has 0 aromatic carbocycles. The SMILES string of the molecule is CCCCCCCCCCCCCCC/C=C\C/C=C\CCCCCCCCCCCCCCCCCC(O)CC(=O)NC(CO)C(O)/C=C/CCCCCCCCCCCCCCCCCCCCC. The number of nitrogens with one attached hydrogen (secondary N) is 1. The molecule has 0 spiro atoms. The number of aliphatic hydroxyl groups is 3. The van der Waals surface area contributed by atoms with Gasteiger partial charge in [-0.15, -0.1) is 0 Å². The van der Waals surface area contributed by atoms with Crippen LogP contribution in [0.15, 0.2) is 36.5 Å². The van der Waals surface area contributed by atoms with Crippen LogP contribution in [-0.2, 0) is 4.79 Å². The van der Waals surface area contributed by atoms with E-state index in [2.05, 4.69) is 43.5 Å². The molecule has 0 aliphatic heterocycles. The van der Waals surface area contributed by atoms with Crippen molar-refractivity contribution in [3.8, 4) is 0 Å². The number of hydrogen-bond donors (Lipinski definition) is 4. The van der Waals surface area contributed by atoms with Crippen molar-refractivity contribution in [3.05, 3.63) is 36.5 Å². The maximum atomic E-state index is 12.6. The Hall–Kier alpha value is -1.43. The van der Waals surface area contributed by atoms with E-state index in [1.165, 1.54) is 295 Å². The summed E-state index contributed by atoms with van der Waals surface area (Å²) in [7, 11) is 0. The minimum atomic E-state index is -0.930. The van der Waals surface area contributed by atoms with Crippen molar-refractivity contribution in [2.45, 2.75) is 372 Å². The number of unbranched alkanes of at least 4 members (excludes halogenated alkanes) is 47. The predicted molar refractivity (Wildman–Crippen MR) is 314 cm³/mol. The maximum absolute atomic E-state index is 12.6. The van der Waals surface area contributed by atoms with Crippen molar-refractivity contribution in [1.82, 2.24) is 5.32 Å². The summed E-state index contributed by atoms with van der Waals surface area (Å²) < 4.78 is 0. The molecule has 0 saturated heterocycles. The monoisotopic (exact) mass is 998 g/mol. The van der Waals surface area contributed by atoms with E-state index in [1.54, 1.807) is 6.08 Å². The highest BCUT2D eigenvalue weighted by Gasteiger charge is 2.20. The molecule has 0 aromatic heterocycles. The Morgan fingerprint density at radius 3 is 0.930 bits per heavy atom. The van der Waals surface area contributed by atoms with Crippen LogP contribution in [-0.4, -0.2) is 46.1 Å². The second-order valence-corrected chi connectivity index (χ2v) is 22.4. The highest BCUT2D eigenvalue weighted by Crippen LogP contribution is 2.18. The van der Waals surface area contributed by atoms with E-state index in [-0.39, 0.29) is 18.9 Å². The Kier molecular flexibility index (Phi) is 59.9. The largest absolute Gasteiger partial charge is 0.394 e. The molecule has 3 atom stereocenters. The van der Waals surface area contributed by atoms with Gasteiger partial charge in [0.1, 0.15) is 0 Å². The number of hydrogen-bond acceptors (Lipinski definition) is 4. The molecule has 0 aromatic rings. The van der Waals surface area contributed by atoms with Crippen molar-refractivity contribution >= 4 is 5.91 Å². The first-order valence-electron chi connectivity index (χ1n) is 32.3. The van der Waals surface area contributed by atoms with Gasteiger partial charge in [0.2, 0.25) is 5.91 Å². The van der Waals surface area contributed by atoms with Gasteiger partial charge in [0.25, 0.3) is 0 Å². The molecule has 4 N–H and O–H groups in total. The lowest BCUT2D eigenvalue weighted by Gasteiger charge is -2.21. The Labute approximate surface area is 444 Å². The molecule has 71 heavy (non-hydrogen) atoms. The smallest absolute Gasteiger partial charge is 0.222 e. The van der Waals surface area contributed by atoms with Gasteiger partial charge in [-0.2, -0.15) is 0 Å². The fraction of sp³-hybridized carbons (Fsp3) is 0.894. The molecule has 0 bridgehead atoms. The summed E-state index contributed by atoms with van der Waals surface area (Å²) in [6.07, 6.45) is 80.9. The summed E-state index contributed by atoms with van der Waals surface area (Å²) in [5, 5.41) is 33.6. The number of rotatable bonds is 60. The van der Waals surface area contributed by atoms with Gasteiger partial charge in [0, 0.05) is 0 Å². The molecule has 0 fully saturated rings. The summed E-state index contributed by atoms with van der Waals surface area (Å²) in [4.78, 5) is 12.6. The van der Waals surface area contributed by atoms with Gasteiger partial charge >= 0.3 is 0 Å². The third kappa shape index (κ3) is 57.7. The van der Waals surface area contributed by atoms with Crippen molar-refractivity contribution in [2.24, 2.45) is 0 Å². The highest BCUT2D eigenvalue weighted by atomic mass is 16.3. The van der Waals surface area contributed by atoms with Crippen molar-refractivity contribution in [1.29, 1.82) is 0 Å². The van der Waals surface area contributed by atoms with E-state index < -0.39 is 18.2 Å². The molecule has 0 rings (SSSR count). The number of aliphatic hydroxyl groups excluding tert-OH is 3. The van der Waals surface area contributed by atoms with E-state index in [0.29, 0.717) is 6.42 Å². The third-order valence-electron chi connectivity index (χ3n) is 15.2. The molecule has 0 heterocycles. The number of carbonyl (C=O) groups excluding carboxylic acids is 1. The molecule has 1 amide bonds. The van der Waals surface area contributed by atoms with Gasteiger partial charge in [0.05, 0.1) is 31.3 Å². The van der Waals surface area contributed by atoms with Crippen LogP contribution < -0.4 is 5.32 Å². The van der Waals surface area contributed by atoms with Crippen molar-refractivity contribution in [3.63, 3.8) is 0 Å². The number of carbonyl (C=O) groups is 1. The molecule has 0 aliphatic rings. The van der Waals surface area contributed by atoms with Gasteiger partial charge in [-0.1, -0.05) is 333 Å². The average molecular weight is 999 g/mol. The van der Waals surface area contributed by atoms with Crippen LogP contribution in [0.2, 0.25) is 0 Å². The summed E-state index contributed by atoms with van der Waals surface area (Å²) in [6.45, 7) is 4.26. The van der Waals surface area contributed by atoms with Crippen LogP contribution in [0.1, 0.15) is 354 Å². The second kappa shape index (κ2) is 61.1. The zero-order valence-corrected chi connectivity index (χ0v) is 48.1. The lowest BCUT2D eigenvalue weighted by atomic mass is 10.0. The zero-order chi connectivity index (χ0) is 51.4. The van der Waals surface area contributed by atoms with Gasteiger partial charge in [-0.05, 0) is 51.4 Å². The van der Waals surface area contributed by atoms with Crippen LogP contribution in [0.4, 0.5) is 0 Å². The standard InChI is InChI=1S/C66H127NO4/c1-3-5-7-9-11-13-15-17-19-21-23-25-26-27-28-29-30-31-32-33-34-35-36-37-38-40-41-43-45-47-49-51-53-55-57-59-63(69)61-66(71)67-64(62-68)65(70)60-58-56-54-52-50-48-46-44-42-39-24-22-20-18-16-14-12-10-8-6-4-2/h28-29,31-32,58,60,63-65,68-70H,3-27,30,33-57,59,61-62H2,1-2H3,(H,67,71)/b29-28-,32-31-,60-58+. The van der Waals surface area contributed by atoms with Crippen molar-refractivity contribution in [2.75, 3.05) is 6.61 Å². The molecule has 0 saturated carbocycles. The highest BCUT2D eigenvalue weighted by molar-refractivity contribution is 5.76. The lowest BCUT2D eigenvalue weighted by Crippen LogP contribution is -2.45. The van der Waals surface area contributed by atoms with E-state index in [9.17, 15) is 20.1 Å². The fourth-order valence-electron chi connectivity index (χ4n) is 10.3. The molecular formula is C66H127NO4. The molecule has 0 aliphatic carbocycles. The second-order valence-electron chi connectivity index (χ2n) is 22.4. The Morgan fingerprint density at radius 2 is 0.634 bits per heavy atom. The molecule has 5 heteroatoms. The molecule has 0 radical (unpaired) electrons. The predicted octanol–water partition coefficient (Wildman–Crippen LogP) is 20.6. The lowest BCUT2D eigenvalue weighted by molar-refractivity contribution is -0.124. The summed E-state index contributed by atoms with van der Waals surface area (Å²) in [6, 6.07) is -0.745. The van der Waals surface area contributed by atoms with Gasteiger partial charge in [0.15, 0.2) is 0 Å². The summed E-state index contributed by atoms with van der Waals surface area (Å²) in [5.41, 5.74) is 0. The Morgan fingerprint density at radius 1 is 0.366 bits per heavy atom. The summed E-state index contributed by atoms with van der Waals surface area (Å²) >= 11 is 0. The first kappa shape index (κ1) is 69.6. The van der Waals surface area contributed by atoms with Crippen LogP contribution in [0.3, 0.4) is 0 Å². The van der Waals surface area contributed by atoms with E-state index >= 15 is 0 Å². The van der Waals surface area contributed by atoms with Crippen LogP contribution in [0.25, 0.3) is 0 Å². The normalized spacial score (nSPS) is 13.4. The quantitative estimate of drug-likeness (QED) is 0.0361. The first-order valence-corrected chi connectivity index (χ1v) is 32.3. The zero-order valence-electron chi connectivity index (χ0n) is 48.1. The van der Waals surface area contributed by atoms with E-state index in [0.717, 1.165) is 32.1 Å². The Bertz CT molecular complexity index is 1100. The first-order chi connectivity index (χ1) is 35.0. The number of allylic oxidation sites excluding steroid dienone is 5. The van der Waals surface area contributed by atoms with Crippen molar-refractivity contribution < 1.29 is 20.1 Å². The number of amides is 1. The Balaban J connectivity index is 3.51. The van der Waals surface area contributed by atoms with Gasteiger partial charge in [-0.3, -0.25) is 4.79 Å². The summed E-state index contributed by atoms with van der Waals surface area (Å²) in [5.74, 6) is -0.310.